The third-order valence-electron chi connectivity index (χ3n) is 11.2. The van der Waals surface area contributed by atoms with Gasteiger partial charge < -0.3 is 9.47 Å². The maximum atomic E-state index is 2.43. The Morgan fingerprint density at radius 3 is 1.72 bits per heavy atom. The van der Waals surface area contributed by atoms with Crippen LogP contribution in [0.25, 0.3) is 81.0 Å². The topological polar surface area (TPSA) is 8.17 Å². The maximum Gasteiger partial charge on any atom is 0.0561 e. The van der Waals surface area contributed by atoms with Crippen LogP contribution in [0.4, 0.5) is 17.1 Å². The smallest absolute Gasteiger partial charge is 0.0561 e. The van der Waals surface area contributed by atoms with E-state index in [4.69, 9.17) is 0 Å². The van der Waals surface area contributed by atoms with Gasteiger partial charge in [0.1, 0.15) is 0 Å². The second kappa shape index (κ2) is 13.8. The predicted octanol–water partition coefficient (Wildman–Crippen LogP) is 15.6. The monoisotopic (exact) mass is 744 g/mol. The minimum absolute atomic E-state index is 1.09. The normalized spacial score (nSPS) is 11.5. The number of hydrogen-bond donors (Lipinski definition) is 0. The Bertz CT molecular complexity index is 3210. The second-order valence-electron chi connectivity index (χ2n) is 14.5. The fourth-order valence-electron chi connectivity index (χ4n) is 8.53. The largest absolute Gasteiger partial charge is 0.310 e. The summed E-state index contributed by atoms with van der Waals surface area (Å²) in [5.74, 6) is 0. The Morgan fingerprint density at radius 2 is 0.912 bits per heavy atom. The second-order valence-corrected chi connectivity index (χ2v) is 15.6. The van der Waals surface area contributed by atoms with Crippen LogP contribution in [-0.2, 0) is 0 Å². The summed E-state index contributed by atoms with van der Waals surface area (Å²) in [6.07, 6.45) is 0. The SMILES string of the molecule is c1ccc(-c2ccc(N(c3ccc4c5ccccc5n(-c5ccc(-c6cccc7c6sc6ccccc67)cc5)c4c3)c3ccccc3-c3ccccc3)cc2)cc1. The van der Waals surface area contributed by atoms with Crippen molar-refractivity contribution < 1.29 is 0 Å². The van der Waals surface area contributed by atoms with Gasteiger partial charge in [0.15, 0.2) is 0 Å². The van der Waals surface area contributed by atoms with Crippen LogP contribution in [0.15, 0.2) is 218 Å². The van der Waals surface area contributed by atoms with E-state index in [1.165, 1.54) is 69.8 Å². The molecule has 0 saturated carbocycles. The molecule has 2 aromatic heterocycles. The zero-order valence-electron chi connectivity index (χ0n) is 31.1. The Morgan fingerprint density at radius 1 is 0.351 bits per heavy atom. The van der Waals surface area contributed by atoms with Crippen LogP contribution in [0.5, 0.6) is 0 Å². The summed E-state index contributed by atoms with van der Waals surface area (Å²) < 4.78 is 5.09. The number of anilines is 3. The average Bonchev–Trinajstić information content (AvgIpc) is 3.83. The highest BCUT2D eigenvalue weighted by Crippen LogP contribution is 2.44. The van der Waals surface area contributed by atoms with Gasteiger partial charge in [-0.25, -0.2) is 0 Å². The van der Waals surface area contributed by atoms with Crippen LogP contribution >= 0.6 is 11.3 Å². The maximum absolute atomic E-state index is 2.43. The lowest BCUT2D eigenvalue weighted by Gasteiger charge is -2.28. The number of rotatable bonds is 7. The van der Waals surface area contributed by atoms with E-state index >= 15 is 0 Å². The van der Waals surface area contributed by atoms with Crippen molar-refractivity contribution in [1.82, 2.24) is 4.57 Å². The van der Waals surface area contributed by atoms with Crippen molar-refractivity contribution in [2.75, 3.05) is 4.90 Å². The molecule has 0 bridgehead atoms. The van der Waals surface area contributed by atoms with Gasteiger partial charge in [-0.1, -0.05) is 164 Å². The number of para-hydroxylation sites is 2. The molecule has 0 N–H and O–H groups in total. The van der Waals surface area contributed by atoms with Gasteiger partial charge in [-0.15, -0.1) is 11.3 Å². The first-order chi connectivity index (χ1) is 28.3. The molecule has 0 amide bonds. The van der Waals surface area contributed by atoms with Crippen LogP contribution in [-0.4, -0.2) is 4.57 Å². The Kier molecular flexibility index (Phi) is 8.04. The summed E-state index contributed by atoms with van der Waals surface area (Å²) >= 11 is 1.88. The minimum Gasteiger partial charge on any atom is -0.310 e. The Hall–Kier alpha value is -7.20. The quantitative estimate of drug-likeness (QED) is 0.158. The fourth-order valence-corrected chi connectivity index (χ4v) is 9.77. The van der Waals surface area contributed by atoms with Gasteiger partial charge in [0.25, 0.3) is 0 Å². The first-order valence-electron chi connectivity index (χ1n) is 19.4. The molecule has 0 unspecified atom stereocenters. The number of thiophene rings is 1. The van der Waals surface area contributed by atoms with Crippen molar-refractivity contribution in [2.45, 2.75) is 0 Å². The number of aromatic nitrogens is 1. The number of nitrogens with zero attached hydrogens (tertiary/aromatic N) is 2. The van der Waals surface area contributed by atoms with E-state index in [0.29, 0.717) is 0 Å². The van der Waals surface area contributed by atoms with Crippen molar-refractivity contribution in [3.05, 3.63) is 218 Å². The van der Waals surface area contributed by atoms with Crippen LogP contribution in [0, 0.1) is 0 Å². The van der Waals surface area contributed by atoms with Crippen molar-refractivity contribution in [3.63, 3.8) is 0 Å². The molecule has 0 radical (unpaired) electrons. The standard InChI is InChI=1S/C54H36N2S/c1-3-14-37(15-4-1)38-26-30-41(31-27-38)55(50-23-10-7-18-44(50)39-16-5-2-6-17-39)43-34-35-47-46-19-8-11-24-51(46)56(52(47)36-43)42-32-28-40(29-33-42)45-21-13-22-49-48-20-9-12-25-53(48)57-54(45)49/h1-36H. The minimum atomic E-state index is 1.09. The van der Waals surface area contributed by atoms with Crippen LogP contribution in [0.3, 0.4) is 0 Å². The summed E-state index contributed by atoms with van der Waals surface area (Å²) in [6.45, 7) is 0. The molecule has 0 spiro atoms. The molecule has 0 atom stereocenters. The zero-order valence-corrected chi connectivity index (χ0v) is 31.9. The molecular weight excluding hydrogens is 709 g/mol. The van der Waals surface area contributed by atoms with Crippen molar-refractivity contribution in [3.8, 4) is 39.1 Å². The van der Waals surface area contributed by atoms with Gasteiger partial charge in [-0.2, -0.15) is 0 Å². The molecule has 0 aliphatic carbocycles. The third kappa shape index (κ3) is 5.71. The predicted molar refractivity (Wildman–Crippen MR) is 245 cm³/mol. The number of hydrogen-bond acceptors (Lipinski definition) is 2. The highest BCUT2D eigenvalue weighted by molar-refractivity contribution is 7.26. The summed E-state index contributed by atoms with van der Waals surface area (Å²) in [7, 11) is 0. The van der Waals surface area contributed by atoms with Gasteiger partial charge in [0.05, 0.1) is 16.7 Å². The molecule has 2 nitrogen and oxygen atoms in total. The lowest BCUT2D eigenvalue weighted by Crippen LogP contribution is -2.11. The molecule has 0 fully saturated rings. The molecule has 57 heavy (non-hydrogen) atoms. The number of benzene rings is 9. The first kappa shape index (κ1) is 33.2. The highest BCUT2D eigenvalue weighted by Gasteiger charge is 2.20. The van der Waals surface area contributed by atoms with E-state index in [0.717, 1.165) is 28.3 Å². The summed E-state index contributed by atoms with van der Waals surface area (Å²) in [5, 5.41) is 5.11. The molecule has 0 aliphatic rings. The lowest BCUT2D eigenvalue weighted by molar-refractivity contribution is 1.18. The van der Waals surface area contributed by atoms with E-state index in [9.17, 15) is 0 Å². The summed E-state index contributed by atoms with van der Waals surface area (Å²) in [5.41, 5.74) is 14.0. The lowest BCUT2D eigenvalue weighted by atomic mass is 10.0. The molecule has 11 rings (SSSR count). The van der Waals surface area contributed by atoms with Gasteiger partial charge in [-0.3, -0.25) is 0 Å². The third-order valence-corrected chi connectivity index (χ3v) is 12.4. The van der Waals surface area contributed by atoms with Crippen molar-refractivity contribution in [1.29, 1.82) is 0 Å². The van der Waals surface area contributed by atoms with E-state index < -0.39 is 0 Å². The molecule has 268 valence electrons. The first-order valence-corrected chi connectivity index (χ1v) is 20.2. The molecule has 0 saturated heterocycles. The van der Waals surface area contributed by atoms with Crippen molar-refractivity contribution in [2.24, 2.45) is 0 Å². The summed E-state index contributed by atoms with van der Waals surface area (Å²) in [6, 6.07) is 79.3. The van der Waals surface area contributed by atoms with Gasteiger partial charge in [0, 0.05) is 53.6 Å². The summed E-state index contributed by atoms with van der Waals surface area (Å²) in [4.78, 5) is 2.41. The highest BCUT2D eigenvalue weighted by atomic mass is 32.1. The van der Waals surface area contributed by atoms with Crippen LogP contribution in [0.1, 0.15) is 0 Å². The van der Waals surface area contributed by atoms with Crippen LogP contribution < -0.4 is 4.90 Å². The van der Waals surface area contributed by atoms with Crippen LogP contribution in [0.2, 0.25) is 0 Å². The molecule has 2 heterocycles. The average molecular weight is 745 g/mol. The van der Waals surface area contributed by atoms with Crippen molar-refractivity contribution >= 4 is 70.4 Å². The van der Waals surface area contributed by atoms with E-state index in [2.05, 4.69) is 228 Å². The van der Waals surface area contributed by atoms with Gasteiger partial charge >= 0.3 is 0 Å². The van der Waals surface area contributed by atoms with E-state index in [1.54, 1.807) is 0 Å². The Labute approximate surface area is 335 Å². The van der Waals surface area contributed by atoms with E-state index in [1.807, 2.05) is 11.3 Å². The Balaban J connectivity index is 1.08. The van der Waals surface area contributed by atoms with Gasteiger partial charge in [-0.05, 0) is 82.4 Å². The molecule has 9 aromatic carbocycles. The zero-order chi connectivity index (χ0) is 37.7. The van der Waals surface area contributed by atoms with Gasteiger partial charge in [0.2, 0.25) is 0 Å². The number of fused-ring (bicyclic) bond motifs is 6. The van der Waals surface area contributed by atoms with E-state index in [-0.39, 0.29) is 0 Å². The fraction of sp³-hybridized carbons (Fsp3) is 0. The molecule has 11 aromatic rings. The molecule has 3 heteroatoms. The molecular formula is C54H36N2S. The molecule has 0 aliphatic heterocycles.